The lowest BCUT2D eigenvalue weighted by Crippen LogP contribution is -2.40. The van der Waals surface area contributed by atoms with Crippen molar-refractivity contribution in [3.63, 3.8) is 0 Å². The van der Waals surface area contributed by atoms with Gasteiger partial charge in [-0.1, -0.05) is 0 Å². The van der Waals surface area contributed by atoms with Crippen molar-refractivity contribution in [1.82, 2.24) is 15.3 Å². The summed E-state index contributed by atoms with van der Waals surface area (Å²) in [6.07, 6.45) is 3.51. The molecule has 2 heterocycles. The van der Waals surface area contributed by atoms with Gasteiger partial charge in [0, 0.05) is 37.0 Å². The molecule has 1 aromatic carbocycles. The summed E-state index contributed by atoms with van der Waals surface area (Å²) in [5.41, 5.74) is 3.15. The number of ether oxygens (including phenoxy) is 1. The van der Waals surface area contributed by atoms with Crippen molar-refractivity contribution in [2.24, 2.45) is 0 Å². The fourth-order valence-electron chi connectivity index (χ4n) is 2.10. The fraction of sp³-hybridized carbons (Fsp3) is 0.286. The Morgan fingerprint density at radius 1 is 1.11 bits per heavy atom. The second-order valence-corrected chi connectivity index (χ2v) is 4.37. The van der Waals surface area contributed by atoms with E-state index in [0.717, 1.165) is 35.8 Å². The zero-order chi connectivity index (χ0) is 12.4. The quantitative estimate of drug-likeness (QED) is 0.890. The van der Waals surface area contributed by atoms with Gasteiger partial charge < -0.3 is 10.1 Å². The molecule has 92 valence electrons. The second-order valence-electron chi connectivity index (χ2n) is 4.37. The molecule has 1 fully saturated rings. The first kappa shape index (κ1) is 11.2. The molecule has 0 aliphatic carbocycles. The van der Waals surface area contributed by atoms with Crippen LogP contribution in [-0.4, -0.2) is 30.2 Å². The highest BCUT2D eigenvalue weighted by Crippen LogP contribution is 2.28. The van der Waals surface area contributed by atoms with Crippen LogP contribution in [0.4, 0.5) is 0 Å². The number of aromatic nitrogens is 2. The van der Waals surface area contributed by atoms with Crippen molar-refractivity contribution in [2.45, 2.75) is 5.92 Å². The SMILES string of the molecule is COc1ccc(-c2nccnc2C2CNC2)cc1. The van der Waals surface area contributed by atoms with E-state index in [1.54, 1.807) is 19.5 Å². The Bertz CT molecular complexity index is 535. The van der Waals surface area contributed by atoms with E-state index in [0.29, 0.717) is 5.92 Å². The van der Waals surface area contributed by atoms with E-state index >= 15 is 0 Å². The van der Waals surface area contributed by atoms with Crippen molar-refractivity contribution in [3.8, 4) is 17.0 Å². The Kier molecular flexibility index (Phi) is 2.94. The zero-order valence-corrected chi connectivity index (χ0v) is 10.3. The molecule has 1 N–H and O–H groups in total. The summed E-state index contributed by atoms with van der Waals surface area (Å²) in [5.74, 6) is 1.34. The first-order chi connectivity index (χ1) is 8.88. The molecule has 1 aromatic heterocycles. The fourth-order valence-corrected chi connectivity index (χ4v) is 2.10. The highest BCUT2D eigenvalue weighted by molar-refractivity contribution is 5.63. The predicted octanol–water partition coefficient (Wildman–Crippen LogP) is 1.84. The van der Waals surface area contributed by atoms with Gasteiger partial charge in [-0.25, -0.2) is 0 Å². The molecule has 0 atom stereocenters. The monoisotopic (exact) mass is 241 g/mol. The normalized spacial score (nSPS) is 15.2. The molecule has 4 nitrogen and oxygen atoms in total. The van der Waals surface area contributed by atoms with Crippen LogP contribution in [0.1, 0.15) is 11.6 Å². The summed E-state index contributed by atoms with van der Waals surface area (Å²) < 4.78 is 5.17. The van der Waals surface area contributed by atoms with Gasteiger partial charge in [-0.3, -0.25) is 9.97 Å². The van der Waals surface area contributed by atoms with Gasteiger partial charge in [0.05, 0.1) is 18.5 Å². The van der Waals surface area contributed by atoms with Gasteiger partial charge in [0.15, 0.2) is 0 Å². The molecule has 4 heteroatoms. The standard InChI is InChI=1S/C14H15N3O/c1-18-12-4-2-10(3-5-12)13-14(11-8-15-9-11)17-7-6-16-13/h2-7,11,15H,8-9H2,1H3. The summed E-state index contributed by atoms with van der Waals surface area (Å²) in [6, 6.07) is 7.95. The highest BCUT2D eigenvalue weighted by Gasteiger charge is 2.24. The number of hydrogen-bond acceptors (Lipinski definition) is 4. The molecule has 0 bridgehead atoms. The van der Waals surface area contributed by atoms with Crippen LogP contribution in [0.25, 0.3) is 11.3 Å². The summed E-state index contributed by atoms with van der Waals surface area (Å²) in [5, 5.41) is 3.27. The molecule has 3 rings (SSSR count). The smallest absolute Gasteiger partial charge is 0.118 e. The first-order valence-corrected chi connectivity index (χ1v) is 6.04. The van der Waals surface area contributed by atoms with Crippen LogP contribution in [0.2, 0.25) is 0 Å². The highest BCUT2D eigenvalue weighted by atomic mass is 16.5. The lowest BCUT2D eigenvalue weighted by molar-refractivity contribution is 0.415. The number of methoxy groups -OCH3 is 1. The van der Waals surface area contributed by atoms with Crippen LogP contribution >= 0.6 is 0 Å². The third-order valence-electron chi connectivity index (χ3n) is 3.26. The molecule has 0 amide bonds. The van der Waals surface area contributed by atoms with Crippen LogP contribution in [0.5, 0.6) is 5.75 Å². The minimum Gasteiger partial charge on any atom is -0.497 e. The van der Waals surface area contributed by atoms with E-state index in [1.165, 1.54) is 0 Å². The number of benzene rings is 1. The number of nitrogens with one attached hydrogen (secondary N) is 1. The zero-order valence-electron chi connectivity index (χ0n) is 10.3. The van der Waals surface area contributed by atoms with Gasteiger partial charge >= 0.3 is 0 Å². The van der Waals surface area contributed by atoms with Gasteiger partial charge in [0.25, 0.3) is 0 Å². The third-order valence-corrected chi connectivity index (χ3v) is 3.26. The van der Waals surface area contributed by atoms with Crippen LogP contribution < -0.4 is 10.1 Å². The topological polar surface area (TPSA) is 47.0 Å². The number of nitrogens with zero attached hydrogens (tertiary/aromatic N) is 2. The van der Waals surface area contributed by atoms with Crippen LogP contribution in [0.3, 0.4) is 0 Å². The van der Waals surface area contributed by atoms with E-state index in [-0.39, 0.29) is 0 Å². The van der Waals surface area contributed by atoms with E-state index in [2.05, 4.69) is 15.3 Å². The lowest BCUT2D eigenvalue weighted by Gasteiger charge is -2.27. The Hall–Kier alpha value is -1.94. The molecule has 1 aliphatic rings. The second kappa shape index (κ2) is 4.74. The van der Waals surface area contributed by atoms with Gasteiger partial charge in [0.1, 0.15) is 5.75 Å². The van der Waals surface area contributed by atoms with Crippen molar-refractivity contribution >= 4 is 0 Å². The Morgan fingerprint density at radius 3 is 2.44 bits per heavy atom. The molecule has 0 saturated carbocycles. The van der Waals surface area contributed by atoms with Gasteiger partial charge in [-0.15, -0.1) is 0 Å². The Morgan fingerprint density at radius 2 is 1.83 bits per heavy atom. The van der Waals surface area contributed by atoms with Crippen molar-refractivity contribution in [1.29, 1.82) is 0 Å². The van der Waals surface area contributed by atoms with Crippen molar-refractivity contribution in [2.75, 3.05) is 20.2 Å². The molecule has 2 aromatic rings. The van der Waals surface area contributed by atoms with Crippen LogP contribution in [-0.2, 0) is 0 Å². The predicted molar refractivity (Wildman–Crippen MR) is 69.6 cm³/mol. The maximum Gasteiger partial charge on any atom is 0.118 e. The van der Waals surface area contributed by atoms with E-state index < -0.39 is 0 Å². The van der Waals surface area contributed by atoms with E-state index in [1.807, 2.05) is 24.3 Å². The maximum absolute atomic E-state index is 5.17. The number of rotatable bonds is 3. The molecule has 0 radical (unpaired) electrons. The number of hydrogen-bond donors (Lipinski definition) is 1. The average Bonchev–Trinajstić information content (AvgIpc) is 2.38. The van der Waals surface area contributed by atoms with Gasteiger partial charge in [-0.2, -0.15) is 0 Å². The molecule has 18 heavy (non-hydrogen) atoms. The Labute approximate surface area is 106 Å². The summed E-state index contributed by atoms with van der Waals surface area (Å²) >= 11 is 0. The van der Waals surface area contributed by atoms with Crippen LogP contribution in [0.15, 0.2) is 36.7 Å². The van der Waals surface area contributed by atoms with Gasteiger partial charge in [0.2, 0.25) is 0 Å². The summed E-state index contributed by atoms with van der Waals surface area (Å²) in [4.78, 5) is 8.96. The minimum absolute atomic E-state index is 0.482. The summed E-state index contributed by atoms with van der Waals surface area (Å²) in [7, 11) is 1.67. The van der Waals surface area contributed by atoms with Crippen molar-refractivity contribution < 1.29 is 4.74 Å². The van der Waals surface area contributed by atoms with E-state index in [4.69, 9.17) is 4.74 Å². The van der Waals surface area contributed by atoms with E-state index in [9.17, 15) is 0 Å². The minimum atomic E-state index is 0.482. The van der Waals surface area contributed by atoms with Crippen molar-refractivity contribution in [3.05, 3.63) is 42.4 Å². The largest absolute Gasteiger partial charge is 0.497 e. The van der Waals surface area contributed by atoms with Crippen LogP contribution in [0, 0.1) is 0 Å². The molecular weight excluding hydrogens is 226 g/mol. The molecule has 1 saturated heterocycles. The molecular formula is C14H15N3O. The average molecular weight is 241 g/mol. The van der Waals surface area contributed by atoms with Gasteiger partial charge in [-0.05, 0) is 24.3 Å². The Balaban J connectivity index is 1.99. The molecule has 0 unspecified atom stereocenters. The summed E-state index contributed by atoms with van der Waals surface area (Å²) in [6.45, 7) is 1.98. The first-order valence-electron chi connectivity index (χ1n) is 6.04. The molecule has 0 spiro atoms. The third kappa shape index (κ3) is 1.95. The lowest BCUT2D eigenvalue weighted by atomic mass is 9.94. The maximum atomic E-state index is 5.17. The molecule has 1 aliphatic heterocycles.